The molecule has 1 aliphatic heterocycles. The quantitative estimate of drug-likeness (QED) is 0.251. The van der Waals surface area contributed by atoms with Crippen LogP contribution in [0.25, 0.3) is 38.5 Å². The minimum Gasteiger partial charge on any atom is -0.350 e. The molecule has 198 valence electrons. The molecule has 0 atom stereocenters. The molecule has 0 unspecified atom stereocenters. The number of pyridine rings is 1. The van der Waals surface area contributed by atoms with Gasteiger partial charge in [0.25, 0.3) is 0 Å². The Morgan fingerprint density at radius 2 is 1.75 bits per heavy atom. The first-order chi connectivity index (χ1) is 19.8. The molecule has 4 nitrogen and oxygen atoms in total. The monoisotopic (exact) mass is 522 g/mol. The second-order valence-corrected chi connectivity index (χ2v) is 10.9. The van der Waals surface area contributed by atoms with E-state index in [0.29, 0.717) is 0 Å². The number of H-pyrrole nitrogens is 1. The highest BCUT2D eigenvalue weighted by molar-refractivity contribution is 5.97. The van der Waals surface area contributed by atoms with Crippen molar-refractivity contribution >= 4 is 27.4 Å². The number of rotatable bonds is 5. The van der Waals surface area contributed by atoms with Crippen molar-refractivity contribution < 1.29 is 0 Å². The van der Waals surface area contributed by atoms with Gasteiger partial charge in [0.05, 0.1) is 11.0 Å². The van der Waals surface area contributed by atoms with E-state index >= 15 is 0 Å². The van der Waals surface area contributed by atoms with Crippen LogP contribution in [-0.2, 0) is 13.0 Å². The van der Waals surface area contributed by atoms with Crippen LogP contribution in [0.1, 0.15) is 61.5 Å². The van der Waals surface area contributed by atoms with Crippen LogP contribution in [-0.4, -0.2) is 19.9 Å². The Morgan fingerprint density at radius 1 is 0.875 bits per heavy atom. The van der Waals surface area contributed by atoms with Crippen molar-refractivity contribution in [2.75, 3.05) is 0 Å². The number of hydrogen-bond acceptors (Lipinski definition) is 3. The van der Waals surface area contributed by atoms with Crippen LogP contribution in [0.15, 0.2) is 103 Å². The zero-order valence-electron chi connectivity index (χ0n) is 23.0. The molecular weight excluding hydrogens is 488 g/mol. The molecule has 1 N–H and O–H groups in total. The van der Waals surface area contributed by atoms with E-state index in [9.17, 15) is 0 Å². The molecule has 7 rings (SSSR count). The Balaban J connectivity index is 1.33. The Labute approximate surface area is 235 Å². The molecule has 4 heteroatoms. The molecule has 2 aromatic heterocycles. The standard InChI is InChI=1S/C36H34N4/c1-2-25-15-16-26-17-18-27(32-23-37-22-28-11-6-7-13-30(28)32)21-31(26)34(25)36-38-33-14-10-12-29(35(33)39-36)24-40-19-8-4-3-5-9-20-40/h6-14,17-23H,2-5,15-16,24H2,1H3,(H,38,39). The number of aromatic amines is 1. The van der Waals surface area contributed by atoms with Crippen LogP contribution >= 0.6 is 0 Å². The van der Waals surface area contributed by atoms with Crippen LogP contribution in [0.5, 0.6) is 0 Å². The number of nitrogens with one attached hydrogen (secondary N) is 1. The Kier molecular flexibility index (Phi) is 6.52. The van der Waals surface area contributed by atoms with E-state index in [2.05, 4.69) is 107 Å². The summed E-state index contributed by atoms with van der Waals surface area (Å²) in [5, 5.41) is 2.40. The highest BCUT2D eigenvalue weighted by Crippen LogP contribution is 2.40. The smallest absolute Gasteiger partial charge is 0.139 e. The molecule has 0 saturated heterocycles. The van der Waals surface area contributed by atoms with Gasteiger partial charge in [-0.1, -0.05) is 73.2 Å². The van der Waals surface area contributed by atoms with Crippen LogP contribution in [0.3, 0.4) is 0 Å². The summed E-state index contributed by atoms with van der Waals surface area (Å²) in [5.74, 6) is 0.979. The van der Waals surface area contributed by atoms with Crippen molar-refractivity contribution in [1.82, 2.24) is 19.9 Å². The van der Waals surface area contributed by atoms with E-state index in [1.54, 1.807) is 0 Å². The largest absolute Gasteiger partial charge is 0.350 e. The lowest BCUT2D eigenvalue weighted by Gasteiger charge is -2.23. The van der Waals surface area contributed by atoms with E-state index in [0.717, 1.165) is 60.9 Å². The van der Waals surface area contributed by atoms with Crippen molar-refractivity contribution in [2.24, 2.45) is 0 Å². The fraction of sp³-hybridized carbons (Fsp3) is 0.222. The molecule has 0 amide bonds. The molecule has 0 saturated carbocycles. The van der Waals surface area contributed by atoms with Crippen molar-refractivity contribution in [1.29, 1.82) is 0 Å². The first-order valence-corrected chi connectivity index (χ1v) is 14.5. The third-order valence-corrected chi connectivity index (χ3v) is 8.36. The molecule has 3 aromatic carbocycles. The fourth-order valence-corrected chi connectivity index (χ4v) is 6.25. The molecule has 0 fully saturated rings. The summed E-state index contributed by atoms with van der Waals surface area (Å²) in [5.41, 5.74) is 11.2. The van der Waals surface area contributed by atoms with Crippen LogP contribution in [0, 0.1) is 0 Å². The van der Waals surface area contributed by atoms with Crippen molar-refractivity contribution in [3.8, 4) is 11.1 Å². The Bertz CT molecular complexity index is 1780. The van der Waals surface area contributed by atoms with Gasteiger partial charge in [0.1, 0.15) is 5.82 Å². The maximum Gasteiger partial charge on any atom is 0.139 e. The number of imidazole rings is 1. The highest BCUT2D eigenvalue weighted by Gasteiger charge is 2.23. The van der Waals surface area contributed by atoms with Gasteiger partial charge in [-0.05, 0) is 90.7 Å². The predicted octanol–water partition coefficient (Wildman–Crippen LogP) is 8.95. The summed E-state index contributed by atoms with van der Waals surface area (Å²) in [6, 6.07) is 22.0. The third-order valence-electron chi connectivity index (χ3n) is 8.36. The topological polar surface area (TPSA) is 44.8 Å². The molecule has 0 spiro atoms. The number of hydrogen-bond donors (Lipinski definition) is 1. The summed E-state index contributed by atoms with van der Waals surface area (Å²) in [7, 11) is 0. The summed E-state index contributed by atoms with van der Waals surface area (Å²) in [6.45, 7) is 3.08. The van der Waals surface area contributed by atoms with Gasteiger partial charge in [-0.15, -0.1) is 0 Å². The number of aromatic nitrogens is 3. The number of fused-ring (bicyclic) bond motifs is 3. The number of allylic oxidation sites excluding steroid dienone is 3. The third kappa shape index (κ3) is 4.54. The number of benzene rings is 3. The molecule has 40 heavy (non-hydrogen) atoms. The van der Waals surface area contributed by atoms with Gasteiger partial charge in [-0.2, -0.15) is 0 Å². The molecule has 2 aliphatic rings. The number of nitrogens with zero attached hydrogens (tertiary/aromatic N) is 3. The molecule has 1 aliphatic carbocycles. The van der Waals surface area contributed by atoms with Gasteiger partial charge >= 0.3 is 0 Å². The summed E-state index contributed by atoms with van der Waals surface area (Å²) in [4.78, 5) is 15.9. The minimum absolute atomic E-state index is 0.809. The molecular formula is C36H34N4. The second kappa shape index (κ2) is 10.6. The minimum atomic E-state index is 0.809. The highest BCUT2D eigenvalue weighted by atomic mass is 15.1. The Hall–Kier alpha value is -4.44. The first kappa shape index (κ1) is 24.6. The van der Waals surface area contributed by atoms with Gasteiger partial charge in [0, 0.05) is 35.5 Å². The maximum atomic E-state index is 5.29. The van der Waals surface area contributed by atoms with Crippen molar-refractivity contribution in [3.05, 3.63) is 126 Å². The van der Waals surface area contributed by atoms with E-state index in [1.807, 2.05) is 12.4 Å². The number of para-hydroxylation sites is 1. The molecule has 0 bridgehead atoms. The second-order valence-electron chi connectivity index (χ2n) is 10.9. The lowest BCUT2D eigenvalue weighted by atomic mass is 9.82. The van der Waals surface area contributed by atoms with Crippen LogP contribution in [0.2, 0.25) is 0 Å². The summed E-state index contributed by atoms with van der Waals surface area (Å²) in [6.07, 6.45) is 19.5. The molecule has 0 radical (unpaired) electrons. The predicted molar refractivity (Wildman–Crippen MR) is 166 cm³/mol. The van der Waals surface area contributed by atoms with Crippen LogP contribution < -0.4 is 0 Å². The fourth-order valence-electron chi connectivity index (χ4n) is 6.25. The lowest BCUT2D eigenvalue weighted by molar-refractivity contribution is 0.495. The number of aryl methyl sites for hydroxylation is 1. The van der Waals surface area contributed by atoms with Gasteiger partial charge in [-0.25, -0.2) is 4.98 Å². The first-order valence-electron chi connectivity index (χ1n) is 14.5. The zero-order valence-corrected chi connectivity index (χ0v) is 23.0. The maximum absolute atomic E-state index is 5.29. The molecule has 3 heterocycles. The van der Waals surface area contributed by atoms with E-state index < -0.39 is 0 Å². The normalized spacial score (nSPS) is 15.5. The molecule has 5 aromatic rings. The van der Waals surface area contributed by atoms with Crippen molar-refractivity contribution in [2.45, 2.75) is 52.0 Å². The lowest BCUT2D eigenvalue weighted by Crippen LogP contribution is -2.10. The summed E-state index contributed by atoms with van der Waals surface area (Å²) >= 11 is 0. The van der Waals surface area contributed by atoms with Gasteiger partial charge < -0.3 is 9.88 Å². The van der Waals surface area contributed by atoms with E-state index in [4.69, 9.17) is 4.98 Å². The average molecular weight is 523 g/mol. The van der Waals surface area contributed by atoms with Gasteiger partial charge in [0.2, 0.25) is 0 Å². The van der Waals surface area contributed by atoms with Crippen LogP contribution in [0.4, 0.5) is 0 Å². The van der Waals surface area contributed by atoms with Gasteiger partial charge in [-0.3, -0.25) is 4.98 Å². The Morgan fingerprint density at radius 3 is 2.62 bits per heavy atom. The van der Waals surface area contributed by atoms with Crippen molar-refractivity contribution in [3.63, 3.8) is 0 Å². The van der Waals surface area contributed by atoms with E-state index in [-0.39, 0.29) is 0 Å². The zero-order chi connectivity index (χ0) is 26.9. The summed E-state index contributed by atoms with van der Waals surface area (Å²) < 4.78 is 0. The SMILES string of the molecule is CCC1=C(c2nc3c(CN4C=CCCCC=C4)cccc3[nH]2)c2cc(-c3cncc4ccccc34)ccc2CC1. The average Bonchev–Trinajstić information content (AvgIpc) is 3.42. The van der Waals surface area contributed by atoms with E-state index in [1.165, 1.54) is 50.8 Å². The van der Waals surface area contributed by atoms with Gasteiger partial charge in [0.15, 0.2) is 0 Å².